The summed E-state index contributed by atoms with van der Waals surface area (Å²) in [4.78, 5) is 13.9. The van der Waals surface area contributed by atoms with Gasteiger partial charge >= 0.3 is 0 Å². The van der Waals surface area contributed by atoms with Gasteiger partial charge in [0.25, 0.3) is 0 Å². The van der Waals surface area contributed by atoms with Crippen molar-refractivity contribution in [3.63, 3.8) is 0 Å². The van der Waals surface area contributed by atoms with E-state index in [2.05, 4.69) is 26.1 Å². The van der Waals surface area contributed by atoms with Crippen molar-refractivity contribution in [2.24, 2.45) is 5.41 Å². The molecule has 0 unspecified atom stereocenters. The Morgan fingerprint density at radius 2 is 1.87 bits per heavy atom. The van der Waals surface area contributed by atoms with Crippen LogP contribution in [0.15, 0.2) is 0 Å². The zero-order chi connectivity index (χ0) is 11.5. The number of amides is 1. The lowest BCUT2D eigenvalue weighted by atomic mass is 9.91. The quantitative estimate of drug-likeness (QED) is 0.754. The van der Waals surface area contributed by atoms with Crippen molar-refractivity contribution in [1.29, 1.82) is 0 Å². The van der Waals surface area contributed by atoms with Crippen molar-refractivity contribution >= 4 is 5.91 Å². The summed E-state index contributed by atoms with van der Waals surface area (Å²) in [6.45, 7) is 8.18. The fourth-order valence-corrected chi connectivity index (χ4v) is 1.98. The third kappa shape index (κ3) is 4.20. The number of rotatable bonds is 2. The fraction of sp³-hybridized carbons (Fsp3) is 0.917. The molecule has 1 fully saturated rings. The molecule has 3 nitrogen and oxygen atoms in total. The molecular weight excluding hydrogens is 188 g/mol. The van der Waals surface area contributed by atoms with Gasteiger partial charge in [0, 0.05) is 25.6 Å². The van der Waals surface area contributed by atoms with Gasteiger partial charge in [-0.05, 0) is 25.3 Å². The SMILES string of the molecule is CNC1CCN(C(=O)CC(C)(C)C)CC1. The molecule has 1 aliphatic heterocycles. The molecular formula is C12H24N2O. The van der Waals surface area contributed by atoms with Gasteiger partial charge in [-0.3, -0.25) is 4.79 Å². The van der Waals surface area contributed by atoms with E-state index < -0.39 is 0 Å². The molecule has 15 heavy (non-hydrogen) atoms. The Morgan fingerprint density at radius 3 is 2.27 bits per heavy atom. The number of likely N-dealkylation sites (tertiary alicyclic amines) is 1. The lowest BCUT2D eigenvalue weighted by Crippen LogP contribution is -2.44. The van der Waals surface area contributed by atoms with Crippen LogP contribution in [-0.2, 0) is 4.79 Å². The van der Waals surface area contributed by atoms with Crippen LogP contribution in [0.4, 0.5) is 0 Å². The summed E-state index contributed by atoms with van der Waals surface area (Å²) < 4.78 is 0. The normalized spacial score (nSPS) is 19.3. The predicted molar refractivity (Wildman–Crippen MR) is 62.7 cm³/mol. The lowest BCUT2D eigenvalue weighted by Gasteiger charge is -2.33. The molecule has 1 amide bonds. The number of hydrogen-bond donors (Lipinski definition) is 1. The number of nitrogens with one attached hydrogen (secondary N) is 1. The highest BCUT2D eigenvalue weighted by Crippen LogP contribution is 2.21. The van der Waals surface area contributed by atoms with Crippen LogP contribution in [0.25, 0.3) is 0 Å². The highest BCUT2D eigenvalue weighted by atomic mass is 16.2. The summed E-state index contributed by atoms with van der Waals surface area (Å²) in [6.07, 6.45) is 2.84. The van der Waals surface area contributed by atoms with Crippen molar-refractivity contribution in [3.05, 3.63) is 0 Å². The molecule has 0 radical (unpaired) electrons. The topological polar surface area (TPSA) is 32.3 Å². The zero-order valence-electron chi connectivity index (χ0n) is 10.5. The standard InChI is InChI=1S/C12H24N2O/c1-12(2,3)9-11(15)14-7-5-10(13-4)6-8-14/h10,13H,5-9H2,1-4H3. The van der Waals surface area contributed by atoms with Crippen molar-refractivity contribution in [2.45, 2.75) is 46.1 Å². The largest absolute Gasteiger partial charge is 0.343 e. The van der Waals surface area contributed by atoms with E-state index in [9.17, 15) is 4.79 Å². The number of piperidine rings is 1. The first-order chi connectivity index (χ1) is 6.92. The first-order valence-electron chi connectivity index (χ1n) is 5.87. The van der Waals surface area contributed by atoms with Gasteiger partial charge in [0.1, 0.15) is 0 Å². The summed E-state index contributed by atoms with van der Waals surface area (Å²) in [6, 6.07) is 0.601. The van der Waals surface area contributed by atoms with Crippen molar-refractivity contribution in [1.82, 2.24) is 10.2 Å². The molecule has 0 aliphatic carbocycles. The van der Waals surface area contributed by atoms with Crippen LogP contribution < -0.4 is 5.32 Å². The molecule has 0 saturated carbocycles. The molecule has 0 aromatic carbocycles. The van der Waals surface area contributed by atoms with Gasteiger partial charge < -0.3 is 10.2 Å². The molecule has 0 atom stereocenters. The smallest absolute Gasteiger partial charge is 0.223 e. The number of carbonyl (C=O) groups is 1. The number of nitrogens with zero attached hydrogens (tertiary/aromatic N) is 1. The third-order valence-corrected chi connectivity index (χ3v) is 2.94. The lowest BCUT2D eigenvalue weighted by molar-refractivity contribution is -0.134. The van der Waals surface area contributed by atoms with E-state index in [1.807, 2.05) is 11.9 Å². The predicted octanol–water partition coefficient (Wildman–Crippen LogP) is 1.63. The van der Waals surface area contributed by atoms with Crippen LogP contribution in [0, 0.1) is 5.41 Å². The van der Waals surface area contributed by atoms with Crippen LogP contribution in [0.3, 0.4) is 0 Å². The Kier molecular flexibility index (Phi) is 4.14. The summed E-state index contributed by atoms with van der Waals surface area (Å²) in [5.74, 6) is 0.317. The van der Waals surface area contributed by atoms with E-state index in [-0.39, 0.29) is 5.41 Å². The van der Waals surface area contributed by atoms with Crippen molar-refractivity contribution < 1.29 is 4.79 Å². The minimum atomic E-state index is 0.108. The van der Waals surface area contributed by atoms with Crippen LogP contribution in [0.2, 0.25) is 0 Å². The maximum absolute atomic E-state index is 11.9. The maximum Gasteiger partial charge on any atom is 0.223 e. The van der Waals surface area contributed by atoms with Crippen LogP contribution in [0.5, 0.6) is 0 Å². The van der Waals surface area contributed by atoms with E-state index in [0.29, 0.717) is 18.4 Å². The Morgan fingerprint density at radius 1 is 1.33 bits per heavy atom. The molecule has 0 aromatic rings. The second kappa shape index (κ2) is 4.97. The molecule has 1 rings (SSSR count). The van der Waals surface area contributed by atoms with E-state index in [1.54, 1.807) is 0 Å². The van der Waals surface area contributed by atoms with Gasteiger partial charge in [0.15, 0.2) is 0 Å². The Bertz CT molecular complexity index is 212. The summed E-state index contributed by atoms with van der Waals surface area (Å²) in [7, 11) is 2.00. The van der Waals surface area contributed by atoms with Crippen molar-refractivity contribution in [2.75, 3.05) is 20.1 Å². The molecule has 1 N–H and O–H groups in total. The van der Waals surface area contributed by atoms with E-state index in [0.717, 1.165) is 25.9 Å². The summed E-state index contributed by atoms with van der Waals surface area (Å²) >= 11 is 0. The molecule has 1 heterocycles. The van der Waals surface area contributed by atoms with E-state index >= 15 is 0 Å². The molecule has 1 aliphatic rings. The van der Waals surface area contributed by atoms with Gasteiger partial charge in [-0.1, -0.05) is 20.8 Å². The van der Waals surface area contributed by atoms with Gasteiger partial charge in [0.2, 0.25) is 5.91 Å². The number of carbonyl (C=O) groups excluding carboxylic acids is 1. The van der Waals surface area contributed by atoms with Gasteiger partial charge in [-0.15, -0.1) is 0 Å². The highest BCUT2D eigenvalue weighted by molar-refractivity contribution is 5.76. The van der Waals surface area contributed by atoms with E-state index in [1.165, 1.54) is 0 Å². The first kappa shape index (κ1) is 12.5. The average Bonchev–Trinajstić information content (AvgIpc) is 2.15. The van der Waals surface area contributed by atoms with Crippen LogP contribution >= 0.6 is 0 Å². The average molecular weight is 212 g/mol. The summed E-state index contributed by atoms with van der Waals surface area (Å²) in [5.41, 5.74) is 0.108. The summed E-state index contributed by atoms with van der Waals surface area (Å²) in [5, 5.41) is 3.27. The Hall–Kier alpha value is -0.570. The second-order valence-electron chi connectivity index (χ2n) is 5.68. The maximum atomic E-state index is 11.9. The van der Waals surface area contributed by atoms with Crippen molar-refractivity contribution in [3.8, 4) is 0 Å². The highest BCUT2D eigenvalue weighted by Gasteiger charge is 2.24. The molecule has 1 saturated heterocycles. The van der Waals surface area contributed by atoms with Gasteiger partial charge in [-0.2, -0.15) is 0 Å². The van der Waals surface area contributed by atoms with Gasteiger partial charge in [-0.25, -0.2) is 0 Å². The monoisotopic (exact) mass is 212 g/mol. The zero-order valence-corrected chi connectivity index (χ0v) is 10.5. The Labute approximate surface area is 93.2 Å². The molecule has 0 spiro atoms. The minimum absolute atomic E-state index is 0.108. The molecule has 0 bridgehead atoms. The Balaban J connectivity index is 2.37. The van der Waals surface area contributed by atoms with E-state index in [4.69, 9.17) is 0 Å². The van der Waals surface area contributed by atoms with Gasteiger partial charge in [0.05, 0.1) is 0 Å². The molecule has 3 heteroatoms. The number of hydrogen-bond acceptors (Lipinski definition) is 2. The van der Waals surface area contributed by atoms with Crippen LogP contribution in [-0.4, -0.2) is 37.0 Å². The molecule has 88 valence electrons. The fourth-order valence-electron chi connectivity index (χ4n) is 1.98. The third-order valence-electron chi connectivity index (χ3n) is 2.94. The van der Waals surface area contributed by atoms with Crippen LogP contribution in [0.1, 0.15) is 40.0 Å². The minimum Gasteiger partial charge on any atom is -0.343 e. The second-order valence-corrected chi connectivity index (χ2v) is 5.68. The first-order valence-corrected chi connectivity index (χ1v) is 5.87. The molecule has 0 aromatic heterocycles.